The third-order valence-corrected chi connectivity index (χ3v) is 3.27. The Kier molecular flexibility index (Phi) is 3.21. The minimum atomic E-state index is 0.515. The first kappa shape index (κ1) is 11.1. The van der Waals surface area contributed by atoms with E-state index in [1.54, 1.807) is 6.20 Å². The van der Waals surface area contributed by atoms with Crippen LogP contribution in [0.4, 0.5) is 0 Å². The molecule has 6 heteroatoms. The van der Waals surface area contributed by atoms with Gasteiger partial charge in [0, 0.05) is 19.8 Å². The van der Waals surface area contributed by atoms with Crippen LogP contribution in [0.3, 0.4) is 0 Å². The van der Waals surface area contributed by atoms with E-state index in [-0.39, 0.29) is 0 Å². The van der Waals surface area contributed by atoms with Gasteiger partial charge in [-0.05, 0) is 30.3 Å². The second kappa shape index (κ2) is 4.63. The molecule has 0 unspecified atom stereocenters. The lowest BCUT2D eigenvalue weighted by Gasteiger charge is -2.01. The maximum Gasteiger partial charge on any atom is 0.197 e. The Morgan fingerprint density at radius 2 is 2.19 bits per heavy atom. The van der Waals surface area contributed by atoms with Crippen molar-refractivity contribution in [2.24, 2.45) is 12.8 Å². The van der Waals surface area contributed by atoms with E-state index in [1.807, 2.05) is 30.7 Å². The molecule has 0 bridgehead atoms. The summed E-state index contributed by atoms with van der Waals surface area (Å²) in [6, 6.07) is 3.91. The molecule has 16 heavy (non-hydrogen) atoms. The standard InChI is InChI=1S/C10H13N5S/c1-7-13-14-10(15(7)2)16-9-4-3-8(5-11)6-12-9/h3-4,6H,5,11H2,1-2H3. The van der Waals surface area contributed by atoms with Crippen LogP contribution < -0.4 is 5.73 Å². The van der Waals surface area contributed by atoms with Crippen molar-refractivity contribution >= 4 is 11.8 Å². The largest absolute Gasteiger partial charge is 0.326 e. The van der Waals surface area contributed by atoms with Crippen LogP contribution in [-0.2, 0) is 13.6 Å². The van der Waals surface area contributed by atoms with E-state index >= 15 is 0 Å². The smallest absolute Gasteiger partial charge is 0.197 e. The molecule has 0 radical (unpaired) electrons. The lowest BCUT2D eigenvalue weighted by atomic mass is 10.3. The normalized spacial score (nSPS) is 10.7. The van der Waals surface area contributed by atoms with E-state index < -0.39 is 0 Å². The summed E-state index contributed by atoms with van der Waals surface area (Å²) in [6.07, 6.45) is 1.78. The topological polar surface area (TPSA) is 69.6 Å². The first-order chi connectivity index (χ1) is 7.70. The molecule has 0 saturated carbocycles. The van der Waals surface area contributed by atoms with Crippen molar-refractivity contribution in [2.75, 3.05) is 0 Å². The number of hydrogen-bond acceptors (Lipinski definition) is 5. The predicted octanol–water partition coefficient (Wildman–Crippen LogP) is 1.13. The van der Waals surface area contributed by atoms with Crippen molar-refractivity contribution in [1.29, 1.82) is 0 Å². The van der Waals surface area contributed by atoms with Gasteiger partial charge >= 0.3 is 0 Å². The molecule has 0 fully saturated rings. The van der Waals surface area contributed by atoms with Gasteiger partial charge in [0.2, 0.25) is 0 Å². The maximum atomic E-state index is 5.51. The predicted molar refractivity (Wildman–Crippen MR) is 62.0 cm³/mol. The van der Waals surface area contributed by atoms with E-state index in [4.69, 9.17) is 5.73 Å². The minimum absolute atomic E-state index is 0.515. The van der Waals surface area contributed by atoms with Crippen molar-refractivity contribution in [2.45, 2.75) is 23.7 Å². The summed E-state index contributed by atoms with van der Waals surface area (Å²) in [5, 5.41) is 9.79. The van der Waals surface area contributed by atoms with Gasteiger partial charge in [-0.2, -0.15) is 0 Å². The second-order valence-electron chi connectivity index (χ2n) is 3.40. The Labute approximate surface area is 98.1 Å². The molecule has 0 aromatic carbocycles. The zero-order valence-electron chi connectivity index (χ0n) is 9.21. The van der Waals surface area contributed by atoms with Gasteiger partial charge in [-0.15, -0.1) is 10.2 Å². The zero-order valence-corrected chi connectivity index (χ0v) is 10.0. The van der Waals surface area contributed by atoms with Crippen LogP contribution in [0.5, 0.6) is 0 Å². The van der Waals surface area contributed by atoms with E-state index in [2.05, 4.69) is 15.2 Å². The molecule has 0 aliphatic rings. The van der Waals surface area contributed by atoms with Crippen molar-refractivity contribution in [3.05, 3.63) is 29.7 Å². The van der Waals surface area contributed by atoms with E-state index in [0.717, 1.165) is 21.6 Å². The molecular formula is C10H13N5S. The van der Waals surface area contributed by atoms with Crippen LogP contribution in [0.1, 0.15) is 11.4 Å². The molecule has 0 aliphatic carbocycles. The number of nitrogens with two attached hydrogens (primary N) is 1. The summed E-state index contributed by atoms with van der Waals surface area (Å²) in [7, 11) is 1.94. The van der Waals surface area contributed by atoms with Crippen molar-refractivity contribution < 1.29 is 0 Å². The average molecular weight is 235 g/mol. The molecule has 84 valence electrons. The van der Waals surface area contributed by atoms with Crippen LogP contribution in [0, 0.1) is 6.92 Å². The van der Waals surface area contributed by atoms with Gasteiger partial charge in [0.15, 0.2) is 5.16 Å². The molecule has 0 spiro atoms. The molecular weight excluding hydrogens is 222 g/mol. The highest BCUT2D eigenvalue weighted by Crippen LogP contribution is 2.23. The quantitative estimate of drug-likeness (QED) is 0.863. The van der Waals surface area contributed by atoms with Crippen LogP contribution in [0.25, 0.3) is 0 Å². The van der Waals surface area contributed by atoms with Gasteiger partial charge < -0.3 is 10.3 Å². The molecule has 5 nitrogen and oxygen atoms in total. The van der Waals surface area contributed by atoms with Crippen molar-refractivity contribution in [3.63, 3.8) is 0 Å². The molecule has 2 heterocycles. The summed E-state index contributed by atoms with van der Waals surface area (Å²) in [5.74, 6) is 0.890. The van der Waals surface area contributed by atoms with Crippen LogP contribution in [0.2, 0.25) is 0 Å². The Morgan fingerprint density at radius 3 is 2.69 bits per heavy atom. The van der Waals surface area contributed by atoms with Gasteiger partial charge in [0.25, 0.3) is 0 Å². The van der Waals surface area contributed by atoms with Gasteiger partial charge in [0.05, 0.1) is 0 Å². The highest BCUT2D eigenvalue weighted by atomic mass is 32.2. The molecule has 2 rings (SSSR count). The van der Waals surface area contributed by atoms with E-state index in [9.17, 15) is 0 Å². The maximum absolute atomic E-state index is 5.51. The highest BCUT2D eigenvalue weighted by Gasteiger charge is 2.07. The third kappa shape index (κ3) is 2.23. The SMILES string of the molecule is Cc1nnc(Sc2ccc(CN)cn2)n1C. The lowest BCUT2D eigenvalue weighted by molar-refractivity contribution is 0.764. The van der Waals surface area contributed by atoms with Gasteiger partial charge in [0.1, 0.15) is 10.9 Å². The second-order valence-corrected chi connectivity index (χ2v) is 4.39. The van der Waals surface area contributed by atoms with Gasteiger partial charge in [-0.25, -0.2) is 4.98 Å². The van der Waals surface area contributed by atoms with Crippen molar-refractivity contribution in [3.8, 4) is 0 Å². The Morgan fingerprint density at radius 1 is 1.38 bits per heavy atom. The average Bonchev–Trinajstić information content (AvgIpc) is 2.62. The number of pyridine rings is 1. The Hall–Kier alpha value is -1.40. The molecule has 0 aliphatic heterocycles. The zero-order chi connectivity index (χ0) is 11.5. The minimum Gasteiger partial charge on any atom is -0.326 e. The fourth-order valence-electron chi connectivity index (χ4n) is 1.16. The van der Waals surface area contributed by atoms with E-state index in [0.29, 0.717) is 6.54 Å². The molecule has 2 aromatic heterocycles. The number of aromatic nitrogens is 4. The fraction of sp³-hybridized carbons (Fsp3) is 0.300. The number of hydrogen-bond donors (Lipinski definition) is 1. The molecule has 0 amide bonds. The third-order valence-electron chi connectivity index (χ3n) is 2.28. The first-order valence-electron chi connectivity index (χ1n) is 4.89. The van der Waals surface area contributed by atoms with Gasteiger partial charge in [-0.3, -0.25) is 0 Å². The summed E-state index contributed by atoms with van der Waals surface area (Å²) < 4.78 is 1.93. The number of nitrogens with zero attached hydrogens (tertiary/aromatic N) is 4. The molecule has 2 N–H and O–H groups in total. The summed E-state index contributed by atoms with van der Waals surface area (Å²) >= 11 is 1.49. The Bertz CT molecular complexity index is 476. The fourth-order valence-corrected chi connectivity index (χ4v) is 1.94. The molecule has 0 saturated heterocycles. The highest BCUT2D eigenvalue weighted by molar-refractivity contribution is 7.99. The van der Waals surface area contributed by atoms with Crippen LogP contribution in [-0.4, -0.2) is 19.7 Å². The van der Waals surface area contributed by atoms with Crippen LogP contribution in [0.15, 0.2) is 28.5 Å². The number of aryl methyl sites for hydroxylation is 1. The lowest BCUT2D eigenvalue weighted by Crippen LogP contribution is -1.97. The van der Waals surface area contributed by atoms with E-state index in [1.165, 1.54) is 11.8 Å². The molecule has 0 atom stereocenters. The first-order valence-corrected chi connectivity index (χ1v) is 5.71. The summed E-state index contributed by atoms with van der Waals surface area (Å²) in [5.41, 5.74) is 6.53. The monoisotopic (exact) mass is 235 g/mol. The summed E-state index contributed by atoms with van der Waals surface area (Å²) in [4.78, 5) is 4.30. The summed E-state index contributed by atoms with van der Waals surface area (Å²) in [6.45, 7) is 2.43. The van der Waals surface area contributed by atoms with Crippen molar-refractivity contribution in [1.82, 2.24) is 19.7 Å². The molecule has 2 aromatic rings. The Balaban J connectivity index is 2.17. The number of rotatable bonds is 3. The van der Waals surface area contributed by atoms with Crippen LogP contribution >= 0.6 is 11.8 Å². The van der Waals surface area contributed by atoms with Gasteiger partial charge in [-0.1, -0.05) is 6.07 Å².